The minimum atomic E-state index is -5.40. The lowest BCUT2D eigenvalue weighted by atomic mass is 9.73. The maximum Gasteiger partial charge on any atom is 0.422 e. The Morgan fingerprint density at radius 1 is 0.598 bits per heavy atom. The van der Waals surface area contributed by atoms with Gasteiger partial charge < -0.3 is 59.6 Å². The van der Waals surface area contributed by atoms with Gasteiger partial charge in [0.25, 0.3) is 0 Å². The number of nitrogens with zero attached hydrogens (tertiary/aromatic N) is 10. The number of likely N-dealkylation sites (N-methyl/N-ethyl adjacent to an activating group) is 6. The van der Waals surface area contributed by atoms with E-state index in [9.17, 15) is 18.0 Å². The topological polar surface area (TPSA) is 261 Å². The first-order valence-corrected chi connectivity index (χ1v) is 38.4. The van der Waals surface area contributed by atoms with E-state index in [0.717, 1.165) is 29.7 Å². The number of carbonyl (C=O) groups excluding carboxylic acids is 12. The van der Waals surface area contributed by atoms with Gasteiger partial charge in [0, 0.05) is 81.4 Å². The average Bonchev–Trinajstić information content (AvgIpc) is 1.62. The van der Waals surface area contributed by atoms with Gasteiger partial charge in [0.1, 0.15) is 77.1 Å². The van der Waals surface area contributed by atoms with Gasteiger partial charge in [-0.3, -0.25) is 57.5 Å². The average molecular weight is 1500 g/mol. The van der Waals surface area contributed by atoms with Crippen LogP contribution in [0.1, 0.15) is 178 Å². The number of hydrogen-bond acceptors (Lipinski definition) is 12. The van der Waals surface area contributed by atoms with Crippen LogP contribution in [0.25, 0.3) is 0 Å². The summed E-state index contributed by atoms with van der Waals surface area (Å²) in [5.74, 6) is -12.8. The lowest BCUT2D eigenvalue weighted by molar-refractivity contribution is -0.166. The summed E-state index contributed by atoms with van der Waals surface area (Å²) in [6.45, 7) is 7.30. The minimum absolute atomic E-state index is 0.00343. The van der Waals surface area contributed by atoms with E-state index in [4.69, 9.17) is 0 Å². The summed E-state index contributed by atoms with van der Waals surface area (Å²) in [5, 5.41) is 5.65. The molecular formula is C78H109F5N12O12. The molecule has 5 heterocycles. The summed E-state index contributed by atoms with van der Waals surface area (Å²) in [6, 6.07) is -3.45. The summed E-state index contributed by atoms with van der Waals surface area (Å²) < 4.78 is 71.9. The Labute approximate surface area is 624 Å². The number of fused-ring (bicyclic) bond motifs is 4. The van der Waals surface area contributed by atoms with E-state index in [1.807, 2.05) is 39.0 Å². The Balaban J connectivity index is 1.12. The quantitative estimate of drug-likeness (QED) is 0.179. The van der Waals surface area contributed by atoms with Gasteiger partial charge in [-0.2, -0.15) is 13.2 Å². The molecule has 10 atom stereocenters. The molecule has 0 aromatic heterocycles. The molecule has 2 N–H and O–H groups in total. The SMILES string of the molecule is CCC[C@H]1C(=O)N[C@@H]([C@@H](C)CC)C(=O)N2CCC[C@H]2C(=O)N(C)[C@H]2C/C=C\CCN(C2=O)[C@@H](Cc2ccc(C)cc2)C(=O)N(C)CC(=O)N[C@@H](CCc2cc(F)c(C(F)(F)F)c(F)c2)C(=O)N2CCC[C@H]2C(=O)N(C)C2(CCC2)C(=O)N(C)[C@@H](C2CCCC2)C(=O)N(C)[C@H](C(=O)N2CCCCC2)CC(=O)N1C. The Morgan fingerprint density at radius 3 is 1.80 bits per heavy atom. The van der Waals surface area contributed by atoms with Gasteiger partial charge in [-0.25, -0.2) is 8.78 Å². The summed E-state index contributed by atoms with van der Waals surface area (Å²) in [4.78, 5) is 197. The molecule has 12 amide bonds. The molecule has 6 fully saturated rings. The van der Waals surface area contributed by atoms with E-state index < -0.39 is 192 Å². The monoisotopic (exact) mass is 1500 g/mol. The fourth-order valence-corrected chi connectivity index (χ4v) is 16.9. The molecule has 2 aromatic carbocycles. The number of likely N-dealkylation sites (tertiary alicyclic amines) is 1. The zero-order chi connectivity index (χ0) is 78.1. The van der Waals surface area contributed by atoms with Crippen molar-refractivity contribution < 1.29 is 79.5 Å². The third-order valence-corrected chi connectivity index (χ3v) is 23.8. The molecule has 1 spiro atoms. The predicted molar refractivity (Wildman–Crippen MR) is 386 cm³/mol. The largest absolute Gasteiger partial charge is 0.422 e. The van der Waals surface area contributed by atoms with Gasteiger partial charge >= 0.3 is 6.18 Å². The molecule has 588 valence electrons. The first-order chi connectivity index (χ1) is 50.8. The third-order valence-electron chi connectivity index (χ3n) is 23.8. The third kappa shape index (κ3) is 18.3. The Bertz CT molecular complexity index is 3630. The van der Waals surface area contributed by atoms with Crippen LogP contribution < -0.4 is 10.6 Å². The van der Waals surface area contributed by atoms with Crippen molar-refractivity contribution in [2.75, 3.05) is 81.6 Å². The van der Waals surface area contributed by atoms with Gasteiger partial charge in [-0.15, -0.1) is 0 Å². The molecule has 2 aromatic rings. The molecule has 2 saturated carbocycles. The number of benzene rings is 2. The number of halogens is 5. The number of rotatable bonds is 11. The Kier molecular flexibility index (Phi) is 27.5. The highest BCUT2D eigenvalue weighted by Gasteiger charge is 2.56. The highest BCUT2D eigenvalue weighted by Crippen LogP contribution is 2.43. The van der Waals surface area contributed by atoms with Crippen molar-refractivity contribution in [3.63, 3.8) is 0 Å². The lowest BCUT2D eigenvalue weighted by Crippen LogP contribution is -2.68. The second-order valence-electron chi connectivity index (χ2n) is 30.8. The molecule has 4 saturated heterocycles. The van der Waals surface area contributed by atoms with Crippen LogP contribution in [0.3, 0.4) is 0 Å². The van der Waals surface area contributed by atoms with Crippen molar-refractivity contribution >= 4 is 70.9 Å². The molecule has 24 nitrogen and oxygen atoms in total. The van der Waals surface area contributed by atoms with E-state index in [0.29, 0.717) is 82.2 Å². The first kappa shape index (κ1) is 82.5. The van der Waals surface area contributed by atoms with Crippen LogP contribution in [0.4, 0.5) is 22.0 Å². The first-order valence-electron chi connectivity index (χ1n) is 38.4. The highest BCUT2D eigenvalue weighted by molar-refractivity contribution is 6.01. The van der Waals surface area contributed by atoms with E-state index in [1.165, 1.54) is 81.5 Å². The molecule has 9 rings (SSSR count). The zero-order valence-electron chi connectivity index (χ0n) is 63.7. The summed E-state index contributed by atoms with van der Waals surface area (Å²) in [5.41, 5.74) is -2.48. The Hall–Kier alpha value is -8.53. The molecule has 2 aliphatic carbocycles. The van der Waals surface area contributed by atoms with Crippen LogP contribution in [0.15, 0.2) is 48.6 Å². The molecular weight excluding hydrogens is 1390 g/mol. The molecule has 107 heavy (non-hydrogen) atoms. The van der Waals surface area contributed by atoms with E-state index >= 15 is 61.5 Å². The number of nitrogens with one attached hydrogen (secondary N) is 2. The molecule has 5 aliphatic heterocycles. The number of hydrogen-bond donors (Lipinski definition) is 2. The van der Waals surface area contributed by atoms with Crippen molar-refractivity contribution in [3.05, 3.63) is 82.4 Å². The van der Waals surface area contributed by atoms with Gasteiger partial charge in [0.2, 0.25) is 70.9 Å². The van der Waals surface area contributed by atoms with Gasteiger partial charge in [-0.05, 0) is 151 Å². The smallest absolute Gasteiger partial charge is 0.343 e. The number of alkyl halides is 3. The van der Waals surface area contributed by atoms with Crippen LogP contribution >= 0.6 is 0 Å². The highest BCUT2D eigenvalue weighted by atomic mass is 19.4. The molecule has 7 aliphatic rings. The number of piperidine rings is 1. The number of carbonyl (C=O) groups is 12. The van der Waals surface area contributed by atoms with Gasteiger partial charge in [0.15, 0.2) is 0 Å². The van der Waals surface area contributed by atoms with Crippen LogP contribution in [-0.4, -0.2) is 261 Å². The molecule has 29 heteroatoms. The van der Waals surface area contributed by atoms with Crippen molar-refractivity contribution in [1.29, 1.82) is 0 Å². The molecule has 0 unspecified atom stereocenters. The van der Waals surface area contributed by atoms with Crippen molar-refractivity contribution in [3.8, 4) is 0 Å². The van der Waals surface area contributed by atoms with Gasteiger partial charge in [-0.1, -0.05) is 88.4 Å². The van der Waals surface area contributed by atoms with Crippen LogP contribution in [0.5, 0.6) is 0 Å². The maximum atomic E-state index is 15.8. The number of aryl methyl sites for hydroxylation is 2. The van der Waals surface area contributed by atoms with E-state index in [-0.39, 0.29) is 83.0 Å². The fraction of sp³-hybridized carbons (Fsp3) is 0.667. The fourth-order valence-electron chi connectivity index (χ4n) is 16.9. The van der Waals surface area contributed by atoms with E-state index in [1.54, 1.807) is 30.0 Å². The summed E-state index contributed by atoms with van der Waals surface area (Å²) in [7, 11) is 8.57. The van der Waals surface area contributed by atoms with Crippen molar-refractivity contribution in [1.82, 2.24) is 59.6 Å². The normalized spacial score (nSPS) is 27.5. The Morgan fingerprint density at radius 2 is 1.21 bits per heavy atom. The van der Waals surface area contributed by atoms with Crippen LogP contribution in [0, 0.1) is 30.4 Å². The van der Waals surface area contributed by atoms with Crippen LogP contribution in [-0.2, 0) is 76.6 Å². The van der Waals surface area contributed by atoms with E-state index in [2.05, 4.69) is 10.6 Å². The second-order valence-corrected chi connectivity index (χ2v) is 30.8. The second kappa shape index (κ2) is 35.7. The molecule has 2 bridgehead atoms. The lowest BCUT2D eigenvalue weighted by Gasteiger charge is -2.51. The predicted octanol–water partition coefficient (Wildman–Crippen LogP) is 6.57. The number of amides is 12. The maximum absolute atomic E-state index is 15.8. The standard InChI is InChI=1S/C78H109F5N12O12/c1-11-24-56-67(98)85-65(49(4)12-2)74(105)94-42-21-28-58(94)70(101)88(7)57-27-15-13-20-40-95(73(57)104)61(45-50-32-30-48(3)31-33-50)69(100)86(5)47-62(96)84-55(35-34-51-43-53(79)64(54(80)44-51)78(81,82)83)68(99)93-41-22-29-59(93)71(102)91(10)77(36-23-37-77)76(107)90(9)66(52-25-16-17-26-52)75(106)89(8)60(46-63(97)87(56)6)72(103)92-38-18-14-19-39-92/h13,15,30-33,43-44,49,52,55-61,65-66H,11-12,14,16-29,34-42,45-47H2,1-10H3,(H,84,96)(H,85,98)/b15-13-/t49-,55-,56-,57-,58-,59-,60-,61-,65-,66-/m0/s1. The summed E-state index contributed by atoms with van der Waals surface area (Å²) in [6.07, 6.45) is 4.08. The molecule has 0 radical (unpaired) electrons. The van der Waals surface area contributed by atoms with Crippen molar-refractivity contribution in [2.24, 2.45) is 11.8 Å². The zero-order valence-corrected chi connectivity index (χ0v) is 63.7. The van der Waals surface area contributed by atoms with Gasteiger partial charge in [0.05, 0.1) is 13.0 Å². The minimum Gasteiger partial charge on any atom is -0.343 e. The van der Waals surface area contributed by atoms with Crippen LogP contribution in [0.2, 0.25) is 0 Å². The summed E-state index contributed by atoms with van der Waals surface area (Å²) >= 11 is 0. The van der Waals surface area contributed by atoms with Crippen molar-refractivity contribution in [2.45, 2.75) is 241 Å².